The highest BCUT2D eigenvalue weighted by Crippen LogP contribution is 2.08. The summed E-state index contributed by atoms with van der Waals surface area (Å²) in [5.74, 6) is -0.351. The molecule has 88 valence electrons. The van der Waals surface area contributed by atoms with Gasteiger partial charge in [0.2, 0.25) is 11.8 Å². The first-order valence-electron chi connectivity index (χ1n) is 3.99. The Morgan fingerprint density at radius 1 is 1.07 bits per heavy atom. The number of carbonyl (C=O) groups is 2. The number of nitrogens with one attached hydrogen (secondary N) is 2. The normalized spacial score (nSPS) is 12.7. The van der Waals surface area contributed by atoms with Crippen molar-refractivity contribution in [3.8, 4) is 0 Å². The van der Waals surface area contributed by atoms with Crippen molar-refractivity contribution in [3.05, 3.63) is 0 Å². The van der Waals surface area contributed by atoms with Crippen molar-refractivity contribution >= 4 is 75.5 Å². The number of amides is 2. The molecule has 0 aliphatic heterocycles. The lowest BCUT2D eigenvalue weighted by Gasteiger charge is -2.15. The van der Waals surface area contributed by atoms with Gasteiger partial charge in [0.15, 0.2) is 0 Å². The Bertz CT molecular complexity index is 235. The number of alkyl halides is 4. The summed E-state index contributed by atoms with van der Waals surface area (Å²) in [4.78, 5) is 22.3. The lowest BCUT2D eigenvalue weighted by molar-refractivity contribution is -0.121. The number of hydrogen-bond donors (Lipinski definition) is 2. The zero-order chi connectivity index (χ0) is 12.0. The fourth-order valence-corrected chi connectivity index (χ4v) is 1.28. The molecule has 0 aromatic rings. The largest absolute Gasteiger partial charge is 0.352 e. The van der Waals surface area contributed by atoms with Crippen LogP contribution in [0, 0.1) is 0 Å². The molecule has 15 heavy (non-hydrogen) atoms. The van der Waals surface area contributed by atoms with Crippen LogP contribution in [-0.4, -0.2) is 31.9 Å². The van der Waals surface area contributed by atoms with Crippen LogP contribution < -0.4 is 10.6 Å². The van der Waals surface area contributed by atoms with E-state index in [4.69, 9.17) is 0 Å². The second-order valence-corrected chi connectivity index (χ2v) is 8.88. The topological polar surface area (TPSA) is 58.2 Å². The van der Waals surface area contributed by atoms with Crippen LogP contribution in [0.2, 0.25) is 0 Å². The van der Waals surface area contributed by atoms with E-state index in [1.54, 1.807) is 6.92 Å². The van der Waals surface area contributed by atoms with Crippen LogP contribution in [0.15, 0.2) is 0 Å². The molecule has 8 heteroatoms. The van der Waals surface area contributed by atoms with Crippen LogP contribution in [0.1, 0.15) is 6.92 Å². The van der Waals surface area contributed by atoms with Crippen molar-refractivity contribution in [1.29, 1.82) is 0 Å². The average Bonchev–Trinajstić information content (AvgIpc) is 2.13. The van der Waals surface area contributed by atoms with Gasteiger partial charge in [0.25, 0.3) is 0 Å². The smallest absolute Gasteiger partial charge is 0.244 e. The summed E-state index contributed by atoms with van der Waals surface area (Å²) in [5, 5.41) is 5.34. The van der Waals surface area contributed by atoms with Gasteiger partial charge in [-0.2, -0.15) is 0 Å². The third-order valence-electron chi connectivity index (χ3n) is 1.37. The molecule has 0 saturated heterocycles. The number of rotatable bonds is 5. The Kier molecular flexibility index (Phi) is 8.49. The SMILES string of the molecule is CC(CNC(=O)C(Br)Br)NC(=O)C(Br)Br. The molecule has 2 amide bonds. The molecule has 0 aliphatic carbocycles. The molecule has 0 fully saturated rings. The molecule has 2 N–H and O–H groups in total. The van der Waals surface area contributed by atoms with Gasteiger partial charge < -0.3 is 10.6 Å². The van der Waals surface area contributed by atoms with E-state index in [2.05, 4.69) is 74.4 Å². The summed E-state index contributed by atoms with van der Waals surface area (Å²) < 4.78 is -0.823. The molecule has 1 unspecified atom stereocenters. The van der Waals surface area contributed by atoms with Crippen molar-refractivity contribution in [2.45, 2.75) is 20.4 Å². The summed E-state index contributed by atoms with van der Waals surface area (Å²) in [6, 6.07) is -0.127. The van der Waals surface area contributed by atoms with E-state index in [9.17, 15) is 9.59 Å². The molecule has 0 aromatic heterocycles. The molecule has 0 aromatic carbocycles. The summed E-state index contributed by atoms with van der Waals surface area (Å²) in [6.07, 6.45) is 0. The molecular formula is C7H10Br4N2O2. The molecule has 0 spiro atoms. The van der Waals surface area contributed by atoms with Crippen molar-refractivity contribution in [2.75, 3.05) is 6.54 Å². The lowest BCUT2D eigenvalue weighted by Crippen LogP contribution is -2.44. The second kappa shape index (κ2) is 8.03. The minimum absolute atomic E-state index is 0.127. The Morgan fingerprint density at radius 3 is 1.93 bits per heavy atom. The van der Waals surface area contributed by atoms with E-state index in [0.29, 0.717) is 6.54 Å². The Morgan fingerprint density at radius 2 is 1.53 bits per heavy atom. The molecular weight excluding hydrogens is 464 g/mol. The number of halogens is 4. The zero-order valence-electron chi connectivity index (χ0n) is 7.77. The minimum atomic E-state index is -0.414. The third kappa shape index (κ3) is 7.70. The number of carbonyl (C=O) groups excluding carboxylic acids is 2. The van der Waals surface area contributed by atoms with Crippen LogP contribution in [0.5, 0.6) is 0 Å². The number of hydrogen-bond acceptors (Lipinski definition) is 2. The monoisotopic (exact) mass is 470 g/mol. The Balaban J connectivity index is 3.80. The van der Waals surface area contributed by atoms with Crippen LogP contribution in [0.4, 0.5) is 0 Å². The summed E-state index contributed by atoms with van der Waals surface area (Å²) in [6.45, 7) is 2.18. The minimum Gasteiger partial charge on any atom is -0.352 e. The van der Waals surface area contributed by atoms with E-state index >= 15 is 0 Å². The highest BCUT2D eigenvalue weighted by molar-refractivity contribution is 9.25. The standard InChI is InChI=1S/C7H10Br4N2O2/c1-3(13-7(15)5(10)11)2-12-6(14)4(8)9/h3-5H,2H2,1H3,(H,12,14)(H,13,15). The third-order valence-corrected chi connectivity index (χ3v) is 3.03. The first-order chi connectivity index (χ1) is 6.84. The fourth-order valence-electron chi connectivity index (χ4n) is 0.688. The van der Waals surface area contributed by atoms with Gasteiger partial charge in [0, 0.05) is 12.6 Å². The Labute approximate surface area is 122 Å². The lowest BCUT2D eigenvalue weighted by atomic mass is 10.3. The maximum Gasteiger partial charge on any atom is 0.244 e. The summed E-state index contributed by atoms with van der Waals surface area (Å²) in [7, 11) is 0. The van der Waals surface area contributed by atoms with Crippen molar-refractivity contribution in [3.63, 3.8) is 0 Å². The van der Waals surface area contributed by atoms with Crippen LogP contribution in [0.25, 0.3) is 0 Å². The molecule has 4 nitrogen and oxygen atoms in total. The predicted molar refractivity (Wildman–Crippen MR) is 73.9 cm³/mol. The Hall–Kier alpha value is 0.860. The first kappa shape index (κ1) is 15.9. The van der Waals surface area contributed by atoms with Gasteiger partial charge in [0.05, 0.1) is 0 Å². The molecule has 0 rings (SSSR count). The second-order valence-electron chi connectivity index (χ2n) is 2.76. The van der Waals surface area contributed by atoms with E-state index in [1.165, 1.54) is 0 Å². The van der Waals surface area contributed by atoms with Gasteiger partial charge in [0.1, 0.15) is 7.47 Å². The van der Waals surface area contributed by atoms with E-state index in [1.807, 2.05) is 0 Å². The first-order valence-corrected chi connectivity index (χ1v) is 7.65. The quantitative estimate of drug-likeness (QED) is 0.599. The molecule has 1 atom stereocenters. The van der Waals surface area contributed by atoms with Crippen LogP contribution in [-0.2, 0) is 9.59 Å². The van der Waals surface area contributed by atoms with Gasteiger partial charge in [-0.25, -0.2) is 0 Å². The molecule has 0 aliphatic rings. The zero-order valence-corrected chi connectivity index (χ0v) is 14.1. The van der Waals surface area contributed by atoms with Gasteiger partial charge in [-0.05, 0) is 6.92 Å². The fraction of sp³-hybridized carbons (Fsp3) is 0.714. The summed E-state index contributed by atoms with van der Waals surface area (Å²) in [5.41, 5.74) is 0. The molecule has 0 radical (unpaired) electrons. The molecule has 0 bridgehead atoms. The van der Waals surface area contributed by atoms with Crippen molar-refractivity contribution in [1.82, 2.24) is 10.6 Å². The van der Waals surface area contributed by atoms with E-state index in [0.717, 1.165) is 0 Å². The molecule has 0 heterocycles. The average molecular weight is 474 g/mol. The maximum atomic E-state index is 11.2. The molecule has 0 saturated carbocycles. The van der Waals surface area contributed by atoms with Gasteiger partial charge in [-0.15, -0.1) is 0 Å². The highest BCUT2D eigenvalue weighted by atomic mass is 79.9. The van der Waals surface area contributed by atoms with E-state index < -0.39 is 7.47 Å². The maximum absolute atomic E-state index is 11.2. The summed E-state index contributed by atoms with van der Waals surface area (Å²) >= 11 is 12.3. The van der Waals surface area contributed by atoms with Gasteiger partial charge >= 0.3 is 0 Å². The van der Waals surface area contributed by atoms with Gasteiger partial charge in [-0.1, -0.05) is 63.7 Å². The predicted octanol–water partition coefficient (Wildman–Crippen LogP) is 1.84. The van der Waals surface area contributed by atoms with Crippen molar-refractivity contribution < 1.29 is 9.59 Å². The van der Waals surface area contributed by atoms with Crippen LogP contribution >= 0.6 is 63.7 Å². The van der Waals surface area contributed by atoms with E-state index in [-0.39, 0.29) is 17.9 Å². The van der Waals surface area contributed by atoms with Crippen molar-refractivity contribution in [2.24, 2.45) is 0 Å². The highest BCUT2D eigenvalue weighted by Gasteiger charge is 2.15. The van der Waals surface area contributed by atoms with Crippen LogP contribution in [0.3, 0.4) is 0 Å². The van der Waals surface area contributed by atoms with Gasteiger partial charge in [-0.3, -0.25) is 9.59 Å².